The summed E-state index contributed by atoms with van der Waals surface area (Å²) < 4.78 is 36.5. The molecule has 0 bridgehead atoms. The largest absolute Gasteiger partial charge is 0.494 e. The first-order valence-corrected chi connectivity index (χ1v) is 26.7. The minimum atomic E-state index is -0.606. The van der Waals surface area contributed by atoms with Crippen LogP contribution < -0.4 is 28.7 Å². The van der Waals surface area contributed by atoms with Crippen molar-refractivity contribution in [1.29, 1.82) is 0 Å². The Hall–Kier alpha value is -6.72. The molecule has 4 aromatic carbocycles. The molecule has 2 aliphatic rings. The smallest absolute Gasteiger partial charge is 0.309 e. The predicted molar refractivity (Wildman–Crippen MR) is 286 cm³/mol. The standard InChI is InChI=1S/C56H60N6O8S2/c63-55(69-39-67-53-17-13-41-11-15-43(37-47(41)57-53)65-33-3-1-23-59-25-29-61(30-26-59)49-7-5-9-51-45(49)21-35-71-51)19-20-56(64)70-40-68-54-18-14-42-12-16-44(38-48(42)58-54)66-34-4-2-24-60-27-31-62(32-28-60)50-8-6-10-52-46(50)22-36-72-52/h5-18,21-22,35-38H,1-4,19-20,23-34,39-40H2. The molecule has 0 N–H and O–H groups in total. The zero-order chi connectivity index (χ0) is 48.9. The monoisotopic (exact) mass is 1010 g/mol. The molecule has 0 saturated carbocycles. The average Bonchev–Trinajstić information content (AvgIpc) is 4.11. The van der Waals surface area contributed by atoms with Crippen LogP contribution in [0.15, 0.2) is 120 Å². The number of aromatic nitrogens is 2. The minimum absolute atomic E-state index is 0.181. The van der Waals surface area contributed by atoms with Gasteiger partial charge in [-0.3, -0.25) is 19.4 Å². The number of hydrogen-bond donors (Lipinski definition) is 0. The van der Waals surface area contributed by atoms with Crippen LogP contribution in [0.25, 0.3) is 42.0 Å². The molecular weight excluding hydrogens is 949 g/mol. The summed E-state index contributed by atoms with van der Waals surface area (Å²) in [5, 5.41) is 8.93. The molecule has 2 saturated heterocycles. The van der Waals surface area contributed by atoms with Crippen LogP contribution in [0.2, 0.25) is 0 Å². The van der Waals surface area contributed by atoms with Crippen molar-refractivity contribution in [1.82, 2.24) is 19.8 Å². The maximum absolute atomic E-state index is 12.4. The Bertz CT molecular complexity index is 2870. The van der Waals surface area contributed by atoms with Gasteiger partial charge in [-0.2, -0.15) is 0 Å². The van der Waals surface area contributed by atoms with Gasteiger partial charge >= 0.3 is 11.9 Å². The van der Waals surface area contributed by atoms with Gasteiger partial charge in [0.1, 0.15) is 11.5 Å². The van der Waals surface area contributed by atoms with Gasteiger partial charge in [-0.1, -0.05) is 12.1 Å². The SMILES string of the molecule is O=C(CCC(=O)OCOc1ccc2ccc(OCCCCN3CCN(c4cccc5sccc45)CC3)cc2n1)OCOc1ccc2ccc(OCCCCN3CCN(c4cccc5sccc45)CC3)cc2n1. The first-order valence-electron chi connectivity index (χ1n) is 25.0. The van der Waals surface area contributed by atoms with Crippen molar-refractivity contribution in [3.05, 3.63) is 120 Å². The van der Waals surface area contributed by atoms with E-state index >= 15 is 0 Å². The lowest BCUT2D eigenvalue weighted by atomic mass is 10.2. The van der Waals surface area contributed by atoms with E-state index in [-0.39, 0.29) is 26.4 Å². The number of carbonyl (C=O) groups is 2. The van der Waals surface area contributed by atoms with Gasteiger partial charge in [0.05, 0.1) is 37.1 Å². The highest BCUT2D eigenvalue weighted by Crippen LogP contribution is 2.33. The molecule has 0 aliphatic carbocycles. The number of benzene rings is 4. The Kier molecular flexibility index (Phi) is 16.4. The highest BCUT2D eigenvalue weighted by molar-refractivity contribution is 7.17. The van der Waals surface area contributed by atoms with Crippen molar-refractivity contribution in [2.45, 2.75) is 38.5 Å². The maximum atomic E-state index is 12.4. The number of piperazine rings is 2. The third-order valence-electron chi connectivity index (χ3n) is 13.3. The number of unbranched alkanes of at least 4 members (excludes halogenated alkanes) is 2. The minimum Gasteiger partial charge on any atom is -0.494 e. The second-order valence-electron chi connectivity index (χ2n) is 18.1. The van der Waals surface area contributed by atoms with Gasteiger partial charge in [0, 0.05) is 119 Å². The number of carbonyl (C=O) groups excluding carboxylic acids is 2. The number of pyridine rings is 2. The topological polar surface area (TPSA) is 128 Å². The van der Waals surface area contributed by atoms with Crippen LogP contribution in [-0.4, -0.2) is 124 Å². The summed E-state index contributed by atoms with van der Waals surface area (Å²) in [4.78, 5) is 44.1. The second kappa shape index (κ2) is 24.1. The number of thiophene rings is 2. The fraction of sp³-hybridized carbons (Fsp3) is 0.357. The molecule has 374 valence electrons. The zero-order valence-corrected chi connectivity index (χ0v) is 42.1. The van der Waals surface area contributed by atoms with Crippen LogP contribution >= 0.6 is 22.7 Å². The number of esters is 2. The van der Waals surface area contributed by atoms with Crippen molar-refractivity contribution < 1.29 is 38.0 Å². The van der Waals surface area contributed by atoms with E-state index in [1.807, 2.05) is 48.5 Å². The third-order valence-corrected chi connectivity index (χ3v) is 15.1. The van der Waals surface area contributed by atoms with Crippen LogP contribution in [0.3, 0.4) is 0 Å². The van der Waals surface area contributed by atoms with E-state index in [0.29, 0.717) is 36.0 Å². The number of rotatable bonds is 23. The van der Waals surface area contributed by atoms with Crippen LogP contribution in [0.4, 0.5) is 11.4 Å². The molecule has 14 nitrogen and oxygen atoms in total. The van der Waals surface area contributed by atoms with Crippen LogP contribution in [0.1, 0.15) is 38.5 Å². The van der Waals surface area contributed by atoms with E-state index < -0.39 is 11.9 Å². The van der Waals surface area contributed by atoms with E-state index in [1.54, 1.807) is 34.8 Å². The molecule has 0 atom stereocenters. The van der Waals surface area contributed by atoms with E-state index in [4.69, 9.17) is 28.4 Å². The molecule has 2 aliphatic heterocycles. The average molecular weight is 1010 g/mol. The summed E-state index contributed by atoms with van der Waals surface area (Å²) >= 11 is 3.60. The third kappa shape index (κ3) is 12.8. The number of ether oxygens (including phenoxy) is 6. The Balaban J connectivity index is 0.568. The molecule has 0 unspecified atom stereocenters. The van der Waals surface area contributed by atoms with Gasteiger partial charge < -0.3 is 38.2 Å². The molecule has 4 aromatic heterocycles. The zero-order valence-electron chi connectivity index (χ0n) is 40.5. The fourth-order valence-electron chi connectivity index (χ4n) is 9.34. The second-order valence-corrected chi connectivity index (χ2v) is 19.9. The van der Waals surface area contributed by atoms with Crippen molar-refractivity contribution in [2.75, 3.05) is 102 Å². The number of fused-ring (bicyclic) bond motifs is 4. The molecule has 6 heterocycles. The lowest BCUT2D eigenvalue weighted by molar-refractivity contribution is -0.157. The predicted octanol–water partition coefficient (Wildman–Crippen LogP) is 10.4. The summed E-state index contributed by atoms with van der Waals surface area (Å²) in [5.41, 5.74) is 4.11. The Morgan fingerprint density at radius 1 is 0.486 bits per heavy atom. The van der Waals surface area contributed by atoms with Gasteiger partial charge in [0.15, 0.2) is 0 Å². The van der Waals surface area contributed by atoms with Crippen molar-refractivity contribution in [3.8, 4) is 23.3 Å². The fourth-order valence-corrected chi connectivity index (χ4v) is 11.0. The summed E-state index contributed by atoms with van der Waals surface area (Å²) in [5.74, 6) is 0.869. The summed E-state index contributed by atoms with van der Waals surface area (Å²) in [7, 11) is 0. The first-order chi connectivity index (χ1) is 35.5. The molecule has 2 fully saturated rings. The van der Waals surface area contributed by atoms with Crippen molar-refractivity contribution >= 4 is 88.0 Å². The first kappa shape index (κ1) is 48.9. The van der Waals surface area contributed by atoms with Crippen LogP contribution in [-0.2, 0) is 19.1 Å². The molecule has 10 rings (SSSR count). The van der Waals surface area contributed by atoms with Crippen molar-refractivity contribution in [2.24, 2.45) is 0 Å². The highest BCUT2D eigenvalue weighted by Gasteiger charge is 2.20. The van der Waals surface area contributed by atoms with E-state index in [1.165, 1.54) is 31.5 Å². The number of hydrogen-bond acceptors (Lipinski definition) is 16. The number of nitrogens with zero attached hydrogens (tertiary/aromatic N) is 6. The lowest BCUT2D eigenvalue weighted by Gasteiger charge is -2.36. The van der Waals surface area contributed by atoms with E-state index in [0.717, 1.165) is 113 Å². The molecule has 0 radical (unpaired) electrons. The van der Waals surface area contributed by atoms with Gasteiger partial charge in [-0.05, 0) is 122 Å². The number of anilines is 2. The van der Waals surface area contributed by atoms with Gasteiger partial charge in [-0.15, -0.1) is 22.7 Å². The van der Waals surface area contributed by atoms with E-state index in [9.17, 15) is 9.59 Å². The normalized spacial score (nSPS) is 14.6. The summed E-state index contributed by atoms with van der Waals surface area (Å²) in [6.45, 7) is 11.1. The molecule has 8 aromatic rings. The Morgan fingerprint density at radius 3 is 1.39 bits per heavy atom. The highest BCUT2D eigenvalue weighted by atomic mass is 32.1. The summed E-state index contributed by atoms with van der Waals surface area (Å²) in [6, 6.07) is 36.5. The van der Waals surface area contributed by atoms with Crippen LogP contribution in [0, 0.1) is 0 Å². The maximum Gasteiger partial charge on any atom is 0.309 e. The molecule has 72 heavy (non-hydrogen) atoms. The van der Waals surface area contributed by atoms with Gasteiger partial charge in [0.25, 0.3) is 0 Å². The van der Waals surface area contributed by atoms with Gasteiger partial charge in [0.2, 0.25) is 25.3 Å². The van der Waals surface area contributed by atoms with Crippen LogP contribution in [0.5, 0.6) is 23.3 Å². The van der Waals surface area contributed by atoms with Gasteiger partial charge in [-0.25, -0.2) is 9.97 Å². The molecule has 0 amide bonds. The van der Waals surface area contributed by atoms with Crippen molar-refractivity contribution in [3.63, 3.8) is 0 Å². The molecular formula is C56H60N6O8S2. The Labute approximate surface area is 427 Å². The Morgan fingerprint density at radius 2 is 0.931 bits per heavy atom. The lowest BCUT2D eigenvalue weighted by Crippen LogP contribution is -2.46. The molecule has 16 heteroatoms. The summed E-state index contributed by atoms with van der Waals surface area (Å²) in [6.07, 6.45) is 3.68. The quantitative estimate of drug-likeness (QED) is 0.0342. The van der Waals surface area contributed by atoms with E-state index in [2.05, 4.69) is 88.9 Å². The molecule has 0 spiro atoms.